The summed E-state index contributed by atoms with van der Waals surface area (Å²) < 4.78 is 17.9. The molecule has 0 fully saturated rings. The van der Waals surface area contributed by atoms with E-state index in [-0.39, 0.29) is 11.7 Å². The van der Waals surface area contributed by atoms with Gasteiger partial charge < -0.3 is 10.1 Å². The van der Waals surface area contributed by atoms with E-state index in [1.54, 1.807) is 25.3 Å². The lowest BCUT2D eigenvalue weighted by atomic mass is 10.3. The number of rotatable bonds is 6. The fraction of sp³-hybridized carbons (Fsp3) is 0.188. The molecule has 2 aromatic rings. The first-order chi connectivity index (χ1) is 10.2. The van der Waals surface area contributed by atoms with Crippen LogP contribution in [0.2, 0.25) is 0 Å². The number of thioether (sulfide) groups is 1. The van der Waals surface area contributed by atoms with Crippen molar-refractivity contribution in [2.45, 2.75) is 11.3 Å². The van der Waals surface area contributed by atoms with Gasteiger partial charge in [-0.15, -0.1) is 11.8 Å². The molecule has 0 aromatic heterocycles. The molecule has 1 N–H and O–H groups in total. The molecule has 3 nitrogen and oxygen atoms in total. The Labute approximate surface area is 127 Å². The van der Waals surface area contributed by atoms with Crippen LogP contribution in [0.15, 0.2) is 53.4 Å². The minimum Gasteiger partial charge on any atom is -0.497 e. The maximum Gasteiger partial charge on any atom is 0.225 e. The molecule has 0 heterocycles. The molecule has 5 heteroatoms. The molecule has 110 valence electrons. The van der Waals surface area contributed by atoms with Crippen molar-refractivity contribution in [1.29, 1.82) is 0 Å². The van der Waals surface area contributed by atoms with Gasteiger partial charge in [0.2, 0.25) is 5.91 Å². The van der Waals surface area contributed by atoms with Gasteiger partial charge in [0.15, 0.2) is 0 Å². The van der Waals surface area contributed by atoms with Gasteiger partial charge in [-0.25, -0.2) is 4.39 Å². The fourth-order valence-corrected chi connectivity index (χ4v) is 2.57. The Morgan fingerprint density at radius 1 is 1.24 bits per heavy atom. The van der Waals surface area contributed by atoms with E-state index in [2.05, 4.69) is 5.32 Å². The summed E-state index contributed by atoms with van der Waals surface area (Å²) >= 11 is 1.52. The molecular weight excluding hydrogens is 289 g/mol. The van der Waals surface area contributed by atoms with Gasteiger partial charge in [0.05, 0.1) is 7.11 Å². The first-order valence-corrected chi connectivity index (χ1v) is 7.48. The van der Waals surface area contributed by atoms with Crippen LogP contribution in [0.25, 0.3) is 0 Å². The van der Waals surface area contributed by atoms with Crippen molar-refractivity contribution in [3.05, 3.63) is 54.3 Å². The zero-order valence-electron chi connectivity index (χ0n) is 11.6. The van der Waals surface area contributed by atoms with E-state index in [0.29, 0.717) is 23.6 Å². The SMILES string of the molecule is COc1cccc(NC(=O)CCSc2ccc(F)cc2)c1. The lowest BCUT2D eigenvalue weighted by Gasteiger charge is -2.07. The minimum atomic E-state index is -0.255. The molecule has 0 atom stereocenters. The number of carbonyl (C=O) groups is 1. The second-order valence-electron chi connectivity index (χ2n) is 4.33. The van der Waals surface area contributed by atoms with E-state index < -0.39 is 0 Å². The number of benzene rings is 2. The summed E-state index contributed by atoms with van der Waals surface area (Å²) in [5.41, 5.74) is 0.714. The lowest BCUT2D eigenvalue weighted by Crippen LogP contribution is -2.12. The summed E-state index contributed by atoms with van der Waals surface area (Å²) in [6.07, 6.45) is 0.388. The van der Waals surface area contributed by atoms with Gasteiger partial charge in [0, 0.05) is 28.8 Å². The third-order valence-electron chi connectivity index (χ3n) is 2.76. The highest BCUT2D eigenvalue weighted by molar-refractivity contribution is 7.99. The molecule has 0 unspecified atom stereocenters. The quantitative estimate of drug-likeness (QED) is 0.821. The van der Waals surface area contributed by atoms with Crippen molar-refractivity contribution in [3.8, 4) is 5.75 Å². The van der Waals surface area contributed by atoms with Crippen LogP contribution in [0.1, 0.15) is 6.42 Å². The first-order valence-electron chi connectivity index (χ1n) is 6.49. The number of nitrogens with one attached hydrogen (secondary N) is 1. The van der Waals surface area contributed by atoms with E-state index in [4.69, 9.17) is 4.74 Å². The molecule has 0 aliphatic heterocycles. The highest BCUT2D eigenvalue weighted by Gasteiger charge is 2.04. The first kappa shape index (κ1) is 15.4. The predicted molar refractivity (Wildman–Crippen MR) is 83.4 cm³/mol. The van der Waals surface area contributed by atoms with Gasteiger partial charge in [0.1, 0.15) is 11.6 Å². The van der Waals surface area contributed by atoms with Crippen molar-refractivity contribution < 1.29 is 13.9 Å². The van der Waals surface area contributed by atoms with Crippen LogP contribution in [0.5, 0.6) is 5.75 Å². The number of amides is 1. The van der Waals surface area contributed by atoms with Gasteiger partial charge >= 0.3 is 0 Å². The second kappa shape index (κ2) is 7.69. The zero-order chi connectivity index (χ0) is 15.1. The van der Waals surface area contributed by atoms with Crippen molar-refractivity contribution >= 4 is 23.4 Å². The number of ether oxygens (including phenoxy) is 1. The van der Waals surface area contributed by atoms with E-state index in [9.17, 15) is 9.18 Å². The van der Waals surface area contributed by atoms with Crippen LogP contribution in [-0.2, 0) is 4.79 Å². The fourth-order valence-electron chi connectivity index (χ4n) is 1.72. The molecule has 0 aliphatic rings. The number of hydrogen-bond donors (Lipinski definition) is 1. The van der Waals surface area contributed by atoms with Gasteiger partial charge in [-0.05, 0) is 36.4 Å². The molecular formula is C16H16FNO2S. The summed E-state index contributed by atoms with van der Waals surface area (Å²) in [6.45, 7) is 0. The lowest BCUT2D eigenvalue weighted by molar-refractivity contribution is -0.115. The van der Waals surface area contributed by atoms with Crippen molar-refractivity contribution in [3.63, 3.8) is 0 Å². The smallest absolute Gasteiger partial charge is 0.225 e. The summed E-state index contributed by atoms with van der Waals surface area (Å²) in [4.78, 5) is 12.8. The molecule has 0 saturated heterocycles. The molecule has 21 heavy (non-hydrogen) atoms. The van der Waals surface area contributed by atoms with E-state index in [1.807, 2.05) is 18.2 Å². The van der Waals surface area contributed by atoms with Gasteiger partial charge in [0.25, 0.3) is 0 Å². The molecule has 0 bridgehead atoms. The molecule has 2 rings (SSSR count). The molecule has 0 aliphatic carbocycles. The van der Waals surface area contributed by atoms with Gasteiger partial charge in [-0.2, -0.15) is 0 Å². The Morgan fingerprint density at radius 2 is 2.00 bits per heavy atom. The third kappa shape index (κ3) is 5.11. The van der Waals surface area contributed by atoms with E-state index in [1.165, 1.54) is 23.9 Å². The average molecular weight is 305 g/mol. The largest absolute Gasteiger partial charge is 0.497 e. The number of halogens is 1. The monoisotopic (exact) mass is 305 g/mol. The zero-order valence-corrected chi connectivity index (χ0v) is 12.5. The van der Waals surface area contributed by atoms with E-state index in [0.717, 1.165) is 4.90 Å². The Morgan fingerprint density at radius 3 is 2.71 bits per heavy atom. The molecule has 0 spiro atoms. The topological polar surface area (TPSA) is 38.3 Å². The normalized spacial score (nSPS) is 10.2. The second-order valence-corrected chi connectivity index (χ2v) is 5.50. The van der Waals surface area contributed by atoms with Crippen LogP contribution in [-0.4, -0.2) is 18.8 Å². The summed E-state index contributed by atoms with van der Waals surface area (Å²) in [5, 5.41) is 2.82. The third-order valence-corrected chi connectivity index (χ3v) is 3.78. The average Bonchev–Trinajstić information content (AvgIpc) is 2.49. The number of hydrogen-bond acceptors (Lipinski definition) is 3. The van der Waals surface area contributed by atoms with Gasteiger partial charge in [-0.3, -0.25) is 4.79 Å². The Bertz CT molecular complexity index is 601. The Kier molecular flexibility index (Phi) is 5.63. The van der Waals surface area contributed by atoms with Crippen LogP contribution >= 0.6 is 11.8 Å². The van der Waals surface area contributed by atoms with Gasteiger partial charge in [-0.1, -0.05) is 6.07 Å². The highest BCUT2D eigenvalue weighted by Crippen LogP contribution is 2.20. The van der Waals surface area contributed by atoms with Crippen LogP contribution < -0.4 is 10.1 Å². The Hall–Kier alpha value is -2.01. The summed E-state index contributed by atoms with van der Waals surface area (Å²) in [5.74, 6) is 1.03. The van der Waals surface area contributed by atoms with Crippen LogP contribution in [0.3, 0.4) is 0 Å². The number of methoxy groups -OCH3 is 1. The summed E-state index contributed by atoms with van der Waals surface area (Å²) in [7, 11) is 1.58. The van der Waals surface area contributed by atoms with Crippen LogP contribution in [0.4, 0.5) is 10.1 Å². The summed E-state index contributed by atoms with van der Waals surface area (Å²) in [6, 6.07) is 13.5. The van der Waals surface area contributed by atoms with Crippen molar-refractivity contribution in [1.82, 2.24) is 0 Å². The van der Waals surface area contributed by atoms with E-state index >= 15 is 0 Å². The highest BCUT2D eigenvalue weighted by atomic mass is 32.2. The van der Waals surface area contributed by atoms with Crippen LogP contribution in [0, 0.1) is 5.82 Å². The Balaban J connectivity index is 1.78. The minimum absolute atomic E-state index is 0.0575. The molecule has 1 amide bonds. The molecule has 2 aromatic carbocycles. The van der Waals surface area contributed by atoms with Crippen molar-refractivity contribution in [2.24, 2.45) is 0 Å². The maximum atomic E-state index is 12.8. The number of anilines is 1. The maximum absolute atomic E-state index is 12.8. The predicted octanol–water partition coefficient (Wildman–Crippen LogP) is 3.96. The molecule has 0 saturated carbocycles. The molecule has 0 radical (unpaired) electrons. The van der Waals surface area contributed by atoms with Crippen molar-refractivity contribution in [2.75, 3.05) is 18.2 Å². The number of carbonyl (C=O) groups excluding carboxylic acids is 1. The standard InChI is InChI=1S/C16H16FNO2S/c1-20-14-4-2-3-13(11-14)18-16(19)9-10-21-15-7-5-12(17)6-8-15/h2-8,11H,9-10H2,1H3,(H,18,19).